The van der Waals surface area contributed by atoms with E-state index in [9.17, 15) is 38.4 Å². The zero-order valence-electron chi connectivity index (χ0n) is 26.3. The lowest BCUT2D eigenvalue weighted by atomic mass is 10.0. The number of piperidine rings is 2. The monoisotopic (exact) mass is 656 g/mol. The third kappa shape index (κ3) is 6.68. The fraction of sp³-hybridized carbons (Fsp3) is 0.412. The predicted molar refractivity (Wildman–Crippen MR) is 170 cm³/mol. The number of benzene rings is 2. The molecule has 48 heavy (non-hydrogen) atoms. The fourth-order valence-corrected chi connectivity index (χ4v) is 6.76. The van der Waals surface area contributed by atoms with E-state index >= 15 is 0 Å². The van der Waals surface area contributed by atoms with Crippen LogP contribution in [0.1, 0.15) is 96.1 Å². The van der Waals surface area contributed by atoms with E-state index in [1.165, 1.54) is 9.80 Å². The van der Waals surface area contributed by atoms with Gasteiger partial charge in [0.25, 0.3) is 11.8 Å². The van der Waals surface area contributed by atoms with Crippen LogP contribution in [0.3, 0.4) is 0 Å². The Labute approximate surface area is 276 Å². The van der Waals surface area contributed by atoms with E-state index in [1.54, 1.807) is 36.4 Å². The first kappa shape index (κ1) is 32.5. The maximum absolute atomic E-state index is 13.0. The highest BCUT2D eigenvalue weighted by Gasteiger charge is 2.41. The maximum atomic E-state index is 13.0. The quantitative estimate of drug-likeness (QED) is 0.209. The van der Waals surface area contributed by atoms with E-state index in [-0.39, 0.29) is 87.1 Å². The average molecular weight is 657 g/mol. The number of anilines is 2. The minimum Gasteiger partial charge on any atom is -0.326 e. The summed E-state index contributed by atoms with van der Waals surface area (Å²) in [4.78, 5) is 102. The summed E-state index contributed by atoms with van der Waals surface area (Å²) in [7, 11) is 0. The smallest absolute Gasteiger partial charge is 0.255 e. The van der Waals surface area contributed by atoms with Crippen LogP contribution < -0.4 is 21.3 Å². The Morgan fingerprint density at radius 3 is 1.44 bits per heavy atom. The molecule has 2 aromatic carbocycles. The lowest BCUT2D eigenvalue weighted by molar-refractivity contribution is -0.138. The Balaban J connectivity index is 0.926. The van der Waals surface area contributed by atoms with E-state index in [4.69, 9.17) is 0 Å². The van der Waals surface area contributed by atoms with Crippen molar-refractivity contribution in [3.8, 4) is 0 Å². The summed E-state index contributed by atoms with van der Waals surface area (Å²) >= 11 is 0. The van der Waals surface area contributed by atoms with Crippen LogP contribution in [-0.4, -0.2) is 69.1 Å². The maximum Gasteiger partial charge on any atom is 0.255 e. The molecule has 0 saturated carbocycles. The lowest BCUT2D eigenvalue weighted by Gasteiger charge is -2.29. The van der Waals surface area contributed by atoms with Crippen molar-refractivity contribution in [2.24, 2.45) is 0 Å². The van der Waals surface area contributed by atoms with Gasteiger partial charge < -0.3 is 20.4 Å². The Kier molecular flexibility index (Phi) is 9.33. The Bertz CT molecular complexity index is 1610. The van der Waals surface area contributed by atoms with Gasteiger partial charge in [0.15, 0.2) is 0 Å². The minimum atomic E-state index is -0.735. The first-order valence-corrected chi connectivity index (χ1v) is 16.2. The van der Waals surface area contributed by atoms with Crippen molar-refractivity contribution >= 4 is 58.6 Å². The summed E-state index contributed by atoms with van der Waals surface area (Å²) in [5.41, 5.74) is 3.18. The van der Waals surface area contributed by atoms with Gasteiger partial charge in [0.05, 0.1) is 0 Å². The molecule has 14 nitrogen and oxygen atoms in total. The van der Waals surface area contributed by atoms with Crippen molar-refractivity contribution in [3.63, 3.8) is 0 Å². The van der Waals surface area contributed by atoms with E-state index < -0.39 is 23.9 Å². The Morgan fingerprint density at radius 1 is 0.625 bits per heavy atom. The molecule has 14 heteroatoms. The second kappa shape index (κ2) is 13.8. The van der Waals surface area contributed by atoms with E-state index in [2.05, 4.69) is 21.3 Å². The van der Waals surface area contributed by atoms with E-state index in [0.29, 0.717) is 46.5 Å². The molecule has 0 aromatic heterocycles. The zero-order chi connectivity index (χ0) is 33.9. The standard InChI is InChI=1S/C34H36N6O8/c41-27(35-23-9-5-7-19-21(23)17-39(33(19)47)25-13-15-29(43)37-31(25)45)11-3-1-2-4-12-28(42)36-24-10-6-8-20-22(24)18-40(34(20)48)26-14-16-30(44)38-32(26)46/h5-10,25-26H,1-4,11-18H2,(H,35,41)(H,36,42)(H,37,43,45)(H,38,44,46). The molecular formula is C34H36N6O8. The third-order valence-corrected chi connectivity index (χ3v) is 9.27. The van der Waals surface area contributed by atoms with Crippen LogP contribution in [0.5, 0.6) is 0 Å². The number of amides is 8. The van der Waals surface area contributed by atoms with Crippen LogP contribution in [0, 0.1) is 0 Å². The van der Waals surface area contributed by atoms with Gasteiger partial charge in [-0.3, -0.25) is 49.0 Å². The molecule has 2 aromatic rings. The first-order chi connectivity index (χ1) is 23.1. The Morgan fingerprint density at radius 2 is 1.04 bits per heavy atom. The van der Waals surface area contributed by atoms with Crippen molar-refractivity contribution in [2.45, 2.75) is 89.4 Å². The molecule has 4 aliphatic heterocycles. The molecule has 2 saturated heterocycles. The molecule has 2 fully saturated rings. The van der Waals surface area contributed by atoms with Gasteiger partial charge in [-0.05, 0) is 49.9 Å². The van der Waals surface area contributed by atoms with Gasteiger partial charge in [-0.2, -0.15) is 0 Å². The first-order valence-electron chi connectivity index (χ1n) is 16.2. The van der Waals surface area contributed by atoms with E-state index in [0.717, 1.165) is 12.8 Å². The number of hydrogen-bond donors (Lipinski definition) is 4. The molecule has 8 amide bonds. The predicted octanol–water partition coefficient (Wildman–Crippen LogP) is 2.13. The zero-order valence-corrected chi connectivity index (χ0v) is 26.3. The van der Waals surface area contributed by atoms with Crippen LogP contribution in [0.15, 0.2) is 36.4 Å². The molecular weight excluding hydrogens is 620 g/mol. The molecule has 0 aliphatic carbocycles. The molecule has 0 spiro atoms. The number of carbonyl (C=O) groups excluding carboxylic acids is 8. The van der Waals surface area contributed by atoms with Gasteiger partial charge in [0.2, 0.25) is 35.4 Å². The lowest BCUT2D eigenvalue weighted by Crippen LogP contribution is -2.52. The largest absolute Gasteiger partial charge is 0.326 e. The van der Waals surface area contributed by atoms with E-state index in [1.807, 2.05) is 0 Å². The summed E-state index contributed by atoms with van der Waals surface area (Å²) in [6, 6.07) is 8.67. The van der Waals surface area contributed by atoms with Crippen LogP contribution in [0.25, 0.3) is 0 Å². The Hall–Kier alpha value is -5.40. The van der Waals surface area contributed by atoms with Crippen LogP contribution in [0.4, 0.5) is 11.4 Å². The van der Waals surface area contributed by atoms with Gasteiger partial charge in [0.1, 0.15) is 12.1 Å². The number of unbranched alkanes of at least 4 members (excludes halogenated alkanes) is 3. The van der Waals surface area contributed by atoms with Crippen LogP contribution in [-0.2, 0) is 41.9 Å². The molecule has 4 N–H and O–H groups in total. The number of rotatable bonds is 11. The molecule has 4 aliphatic rings. The van der Waals surface area contributed by atoms with Crippen molar-refractivity contribution in [3.05, 3.63) is 58.7 Å². The second-order valence-corrected chi connectivity index (χ2v) is 12.5. The molecule has 4 heterocycles. The molecule has 0 radical (unpaired) electrons. The highest BCUT2D eigenvalue weighted by Crippen LogP contribution is 2.34. The summed E-state index contributed by atoms with van der Waals surface area (Å²) in [5, 5.41) is 10.4. The minimum absolute atomic E-state index is 0.162. The topological polar surface area (TPSA) is 191 Å². The second-order valence-electron chi connectivity index (χ2n) is 12.5. The molecule has 2 atom stereocenters. The van der Waals surface area contributed by atoms with Gasteiger partial charge >= 0.3 is 0 Å². The number of nitrogens with zero attached hydrogens (tertiary/aromatic N) is 2. The van der Waals surface area contributed by atoms with Crippen molar-refractivity contribution in [2.75, 3.05) is 10.6 Å². The van der Waals surface area contributed by atoms with Crippen molar-refractivity contribution in [1.82, 2.24) is 20.4 Å². The van der Waals surface area contributed by atoms with Crippen LogP contribution in [0.2, 0.25) is 0 Å². The van der Waals surface area contributed by atoms with Crippen LogP contribution >= 0.6 is 0 Å². The third-order valence-electron chi connectivity index (χ3n) is 9.27. The number of imide groups is 2. The SMILES string of the molecule is O=C1CCC(N2Cc3c(NC(=O)CCCCCCC(=O)Nc4cccc5c4CN(C4CCC(=O)NC4=O)C5=O)cccc3C2=O)C(=O)N1. The number of fused-ring (bicyclic) bond motifs is 2. The molecule has 250 valence electrons. The van der Waals surface area contributed by atoms with Crippen molar-refractivity contribution < 1.29 is 38.4 Å². The summed E-state index contributed by atoms with van der Waals surface area (Å²) in [6.07, 6.45) is 4.02. The van der Waals surface area contributed by atoms with Gasteiger partial charge in [0, 0.05) is 72.4 Å². The van der Waals surface area contributed by atoms with Crippen molar-refractivity contribution in [1.29, 1.82) is 0 Å². The molecule has 0 bridgehead atoms. The summed E-state index contributed by atoms with van der Waals surface area (Å²) < 4.78 is 0. The number of carbonyl (C=O) groups is 8. The average Bonchev–Trinajstić information content (AvgIpc) is 3.56. The highest BCUT2D eigenvalue weighted by molar-refractivity contribution is 6.08. The summed E-state index contributed by atoms with van der Waals surface area (Å²) in [5.74, 6) is -2.71. The van der Waals surface area contributed by atoms with Gasteiger partial charge in [-0.25, -0.2) is 0 Å². The normalized spacial score (nSPS) is 20.3. The summed E-state index contributed by atoms with van der Waals surface area (Å²) in [6.45, 7) is 0.332. The number of nitrogens with one attached hydrogen (secondary N) is 4. The number of hydrogen-bond acceptors (Lipinski definition) is 8. The highest BCUT2D eigenvalue weighted by atomic mass is 16.2. The molecule has 6 rings (SSSR count). The van der Waals surface area contributed by atoms with Gasteiger partial charge in [-0.15, -0.1) is 0 Å². The molecule has 2 unspecified atom stereocenters. The fourth-order valence-electron chi connectivity index (χ4n) is 6.76. The van der Waals surface area contributed by atoms with Gasteiger partial charge in [-0.1, -0.05) is 25.0 Å².